The van der Waals surface area contributed by atoms with Crippen LogP contribution >= 0.6 is 0 Å². The topological polar surface area (TPSA) is 69.6 Å². The highest BCUT2D eigenvalue weighted by atomic mass is 16.3. The van der Waals surface area contributed by atoms with E-state index in [2.05, 4.69) is 5.32 Å². The van der Waals surface area contributed by atoms with Gasteiger partial charge in [0.1, 0.15) is 5.75 Å². The number of hydrogen-bond acceptors (Lipinski definition) is 3. The predicted molar refractivity (Wildman–Crippen MR) is 99.5 cm³/mol. The van der Waals surface area contributed by atoms with Gasteiger partial charge in [-0.3, -0.25) is 4.79 Å². The summed E-state index contributed by atoms with van der Waals surface area (Å²) in [5.41, 5.74) is 1.53. The third-order valence-corrected chi connectivity index (χ3v) is 4.67. The second-order valence-corrected chi connectivity index (χ2v) is 7.04. The molecule has 0 saturated carbocycles. The van der Waals surface area contributed by atoms with E-state index in [1.54, 1.807) is 12.1 Å². The van der Waals surface area contributed by atoms with Gasteiger partial charge in [0.05, 0.1) is 0 Å². The van der Waals surface area contributed by atoms with Gasteiger partial charge in [0.15, 0.2) is 0 Å². The van der Waals surface area contributed by atoms with Gasteiger partial charge in [-0.2, -0.15) is 0 Å². The van der Waals surface area contributed by atoms with Gasteiger partial charge < -0.3 is 15.5 Å². The monoisotopic (exact) mass is 341 g/mol. The van der Waals surface area contributed by atoms with Crippen LogP contribution in [-0.2, 0) is 11.2 Å². The first-order chi connectivity index (χ1) is 11.9. The number of aliphatic hydroxyl groups excluding tert-OH is 1. The maximum atomic E-state index is 12.2. The Morgan fingerprint density at radius 2 is 1.72 bits per heavy atom. The summed E-state index contributed by atoms with van der Waals surface area (Å²) in [5, 5.41) is 22.5. The van der Waals surface area contributed by atoms with Crippen LogP contribution < -0.4 is 5.32 Å². The third kappa shape index (κ3) is 5.33. The van der Waals surface area contributed by atoms with Crippen molar-refractivity contribution in [3.05, 3.63) is 65.7 Å². The summed E-state index contributed by atoms with van der Waals surface area (Å²) in [6.07, 6.45) is 0.816. The van der Waals surface area contributed by atoms with Gasteiger partial charge in [-0.15, -0.1) is 0 Å². The summed E-state index contributed by atoms with van der Waals surface area (Å²) in [5.74, 6) is 0.185. The van der Waals surface area contributed by atoms with Crippen molar-refractivity contribution in [2.24, 2.45) is 5.41 Å². The highest BCUT2D eigenvalue weighted by Gasteiger charge is 2.30. The number of hydrogen-bond donors (Lipinski definition) is 3. The molecule has 0 aliphatic heterocycles. The van der Waals surface area contributed by atoms with Gasteiger partial charge in [0, 0.05) is 25.5 Å². The molecule has 2 aromatic rings. The van der Waals surface area contributed by atoms with Crippen LogP contribution in [0.2, 0.25) is 0 Å². The molecule has 1 atom stereocenters. The summed E-state index contributed by atoms with van der Waals surface area (Å²) in [6.45, 7) is 4.51. The van der Waals surface area contributed by atoms with Crippen LogP contribution in [0.1, 0.15) is 37.3 Å². The molecule has 0 spiro atoms. The highest BCUT2D eigenvalue weighted by Crippen LogP contribution is 2.34. The molecule has 1 amide bonds. The Kier molecular flexibility index (Phi) is 6.59. The number of phenols is 1. The minimum absolute atomic E-state index is 0.0211. The molecule has 4 nitrogen and oxygen atoms in total. The lowest BCUT2D eigenvalue weighted by atomic mass is 9.75. The zero-order chi connectivity index (χ0) is 18.3. The fourth-order valence-electron chi connectivity index (χ4n) is 2.92. The van der Waals surface area contributed by atoms with E-state index in [9.17, 15) is 15.0 Å². The molecule has 134 valence electrons. The molecule has 3 N–H and O–H groups in total. The molecule has 4 heteroatoms. The van der Waals surface area contributed by atoms with Crippen LogP contribution in [0.25, 0.3) is 0 Å². The lowest BCUT2D eigenvalue weighted by Gasteiger charge is -2.33. The summed E-state index contributed by atoms with van der Waals surface area (Å²) in [7, 11) is 0. The van der Waals surface area contributed by atoms with Crippen molar-refractivity contribution in [1.82, 2.24) is 5.32 Å². The molecule has 0 radical (unpaired) electrons. The van der Waals surface area contributed by atoms with Gasteiger partial charge in [-0.05, 0) is 29.0 Å². The first kappa shape index (κ1) is 19.0. The second kappa shape index (κ2) is 8.67. The smallest absolute Gasteiger partial charge is 0.220 e. The Morgan fingerprint density at radius 1 is 1.08 bits per heavy atom. The number of amides is 1. The third-order valence-electron chi connectivity index (χ3n) is 4.67. The van der Waals surface area contributed by atoms with Gasteiger partial charge in [-0.25, -0.2) is 0 Å². The van der Waals surface area contributed by atoms with Crippen molar-refractivity contribution in [2.75, 3.05) is 13.2 Å². The zero-order valence-electron chi connectivity index (χ0n) is 14.9. The predicted octanol–water partition coefficient (Wildman–Crippen LogP) is 3.24. The zero-order valence-corrected chi connectivity index (χ0v) is 14.9. The van der Waals surface area contributed by atoms with Crippen molar-refractivity contribution in [3.8, 4) is 5.75 Å². The average Bonchev–Trinajstić information content (AvgIpc) is 2.62. The van der Waals surface area contributed by atoms with E-state index in [4.69, 9.17) is 0 Å². The Balaban J connectivity index is 1.96. The average molecular weight is 341 g/mol. The number of carbonyl (C=O) groups excluding carboxylic acids is 1. The number of carbonyl (C=O) groups is 1. The summed E-state index contributed by atoms with van der Waals surface area (Å²) < 4.78 is 0. The molecule has 0 aromatic heterocycles. The van der Waals surface area contributed by atoms with Crippen LogP contribution in [-0.4, -0.2) is 29.3 Å². The fourth-order valence-corrected chi connectivity index (χ4v) is 2.92. The van der Waals surface area contributed by atoms with E-state index >= 15 is 0 Å². The van der Waals surface area contributed by atoms with E-state index in [1.807, 2.05) is 56.3 Å². The van der Waals surface area contributed by atoms with Crippen molar-refractivity contribution < 1.29 is 15.0 Å². The normalized spacial score (nSPS) is 12.6. The van der Waals surface area contributed by atoms with Gasteiger partial charge in [0.2, 0.25) is 5.91 Å². The van der Waals surface area contributed by atoms with Crippen LogP contribution in [0.4, 0.5) is 0 Å². The van der Waals surface area contributed by atoms with Crippen LogP contribution in [0.5, 0.6) is 5.75 Å². The van der Waals surface area contributed by atoms with Crippen molar-refractivity contribution in [3.63, 3.8) is 0 Å². The maximum Gasteiger partial charge on any atom is 0.220 e. The number of benzene rings is 2. The summed E-state index contributed by atoms with van der Waals surface area (Å²) in [6, 6.07) is 17.0. The Hall–Kier alpha value is -2.33. The number of aryl methyl sites for hydroxylation is 1. The molecule has 0 saturated heterocycles. The number of aromatic hydroxyl groups is 1. The second-order valence-electron chi connectivity index (χ2n) is 7.04. The standard InChI is InChI=1S/C21H27NO3/c1-21(2,15-23)18(16-8-4-3-5-9-16)14-22-20(25)13-12-17-10-6-7-11-19(17)24/h3-11,18,23-24H,12-15H2,1-2H3,(H,22,25). The lowest BCUT2D eigenvalue weighted by molar-refractivity contribution is -0.121. The molecule has 2 aromatic carbocycles. The van der Waals surface area contributed by atoms with E-state index < -0.39 is 0 Å². The van der Waals surface area contributed by atoms with Crippen molar-refractivity contribution >= 4 is 5.91 Å². The molecular weight excluding hydrogens is 314 g/mol. The number of phenolic OH excluding ortho intramolecular Hbond substituents is 1. The molecule has 0 aliphatic carbocycles. The van der Waals surface area contributed by atoms with Crippen LogP contribution in [0.15, 0.2) is 54.6 Å². The quantitative estimate of drug-likeness (QED) is 0.690. The van der Waals surface area contributed by atoms with Gasteiger partial charge >= 0.3 is 0 Å². The Labute approximate surface area is 149 Å². The first-order valence-electron chi connectivity index (χ1n) is 8.63. The van der Waals surface area contributed by atoms with E-state index in [1.165, 1.54) is 0 Å². The number of rotatable bonds is 8. The maximum absolute atomic E-state index is 12.2. The Morgan fingerprint density at radius 3 is 2.36 bits per heavy atom. The first-order valence-corrected chi connectivity index (χ1v) is 8.63. The van der Waals surface area contributed by atoms with Crippen LogP contribution in [0, 0.1) is 5.41 Å². The van der Waals surface area contributed by atoms with E-state index in [0.29, 0.717) is 19.4 Å². The minimum Gasteiger partial charge on any atom is -0.508 e. The molecule has 2 rings (SSSR count). The summed E-state index contributed by atoms with van der Waals surface area (Å²) in [4.78, 5) is 12.2. The van der Waals surface area contributed by atoms with Crippen LogP contribution in [0.3, 0.4) is 0 Å². The number of aliphatic hydroxyl groups is 1. The highest BCUT2D eigenvalue weighted by molar-refractivity contribution is 5.76. The molecule has 0 heterocycles. The van der Waals surface area contributed by atoms with E-state index in [0.717, 1.165) is 11.1 Å². The molecule has 0 aliphatic rings. The molecular formula is C21H27NO3. The minimum atomic E-state index is -0.341. The van der Waals surface area contributed by atoms with Crippen molar-refractivity contribution in [2.45, 2.75) is 32.6 Å². The number of para-hydroxylation sites is 1. The van der Waals surface area contributed by atoms with E-state index in [-0.39, 0.29) is 29.6 Å². The van der Waals surface area contributed by atoms with Crippen molar-refractivity contribution in [1.29, 1.82) is 0 Å². The van der Waals surface area contributed by atoms with Gasteiger partial charge in [0.25, 0.3) is 0 Å². The Bertz CT molecular complexity index is 683. The SMILES string of the molecule is CC(C)(CO)C(CNC(=O)CCc1ccccc1O)c1ccccc1. The molecule has 25 heavy (non-hydrogen) atoms. The molecule has 1 unspecified atom stereocenters. The summed E-state index contributed by atoms with van der Waals surface area (Å²) >= 11 is 0. The molecule has 0 fully saturated rings. The number of nitrogens with one attached hydrogen (secondary N) is 1. The molecule has 0 bridgehead atoms. The lowest BCUT2D eigenvalue weighted by Crippen LogP contribution is -2.37. The van der Waals surface area contributed by atoms with Gasteiger partial charge in [-0.1, -0.05) is 62.4 Å². The fraction of sp³-hybridized carbons (Fsp3) is 0.381. The largest absolute Gasteiger partial charge is 0.508 e.